The van der Waals surface area contributed by atoms with Gasteiger partial charge in [-0.15, -0.1) is 0 Å². The number of fused-ring (bicyclic) bond motifs is 2. The maximum Gasteiger partial charge on any atom is 0.335 e. The summed E-state index contributed by atoms with van der Waals surface area (Å²) in [6.45, 7) is 0.212. The van der Waals surface area contributed by atoms with Crippen LogP contribution in [0.25, 0.3) is 27.4 Å². The van der Waals surface area contributed by atoms with E-state index in [0.29, 0.717) is 28.6 Å². The van der Waals surface area contributed by atoms with Crippen LogP contribution in [0.1, 0.15) is 37.4 Å². The molecule has 1 amide bonds. The summed E-state index contributed by atoms with van der Waals surface area (Å²) in [6.07, 6.45) is 4.14. The normalized spacial score (nSPS) is 11.1. The number of carbonyl (C=O) groups excluding carboxylic acids is 1. The number of nitrogens with zero attached hydrogens (tertiary/aromatic N) is 2. The minimum Gasteiger partial charge on any atom is -0.478 e. The molecule has 0 saturated heterocycles. The zero-order valence-electron chi connectivity index (χ0n) is 21.3. The summed E-state index contributed by atoms with van der Waals surface area (Å²) in [4.78, 5) is 24.8. The lowest BCUT2D eigenvalue weighted by atomic mass is 9.99. The number of hydrogen-bond donors (Lipinski definition) is 2. The van der Waals surface area contributed by atoms with Crippen molar-refractivity contribution in [3.63, 3.8) is 0 Å². The highest BCUT2D eigenvalue weighted by Gasteiger charge is 2.18. The van der Waals surface area contributed by atoms with Crippen LogP contribution in [0.2, 0.25) is 0 Å². The standard InChI is InChI=1S/C33H24FN3O3/c34-29-7-3-6-26(16-29)28-17-30(32(38)35-18-21-8-12-24(13-9-21)33(39)40)31-27(19-36-37(31)20-28)15-22-10-11-23-4-1-2-5-25(23)14-22/h1-14,16-17,19-20H,15,18H2,(H,35,38)(H,39,40). The van der Waals surface area contributed by atoms with E-state index in [9.17, 15) is 14.0 Å². The molecular weight excluding hydrogens is 505 g/mol. The molecule has 7 heteroatoms. The number of carbonyl (C=O) groups is 2. The van der Waals surface area contributed by atoms with Crippen LogP contribution in [-0.2, 0) is 13.0 Å². The molecule has 2 N–H and O–H groups in total. The van der Waals surface area contributed by atoms with E-state index in [2.05, 4.69) is 40.7 Å². The lowest BCUT2D eigenvalue weighted by Crippen LogP contribution is -2.24. The van der Waals surface area contributed by atoms with E-state index in [1.807, 2.05) is 12.1 Å². The molecule has 0 bridgehead atoms. The number of aromatic nitrogens is 2. The van der Waals surface area contributed by atoms with Gasteiger partial charge in [0.2, 0.25) is 0 Å². The van der Waals surface area contributed by atoms with Crippen LogP contribution in [0.3, 0.4) is 0 Å². The number of hydrogen-bond acceptors (Lipinski definition) is 3. The topological polar surface area (TPSA) is 83.7 Å². The lowest BCUT2D eigenvalue weighted by molar-refractivity contribution is 0.0696. The average molecular weight is 530 g/mol. The summed E-state index contributed by atoms with van der Waals surface area (Å²) in [5, 5.41) is 18.9. The molecule has 0 aliphatic rings. The Labute approximate surface area is 229 Å². The minimum absolute atomic E-state index is 0.178. The van der Waals surface area contributed by atoms with E-state index in [0.717, 1.165) is 27.5 Å². The molecule has 6 aromatic rings. The second-order valence-electron chi connectivity index (χ2n) is 9.66. The third kappa shape index (κ3) is 5.05. The maximum absolute atomic E-state index is 14.0. The van der Waals surface area contributed by atoms with Crippen molar-refractivity contribution in [1.82, 2.24) is 14.9 Å². The molecule has 40 heavy (non-hydrogen) atoms. The molecule has 0 fully saturated rings. The van der Waals surface area contributed by atoms with Crippen molar-refractivity contribution in [1.29, 1.82) is 0 Å². The van der Waals surface area contributed by atoms with Gasteiger partial charge in [-0.1, -0.05) is 66.7 Å². The van der Waals surface area contributed by atoms with Gasteiger partial charge in [-0.25, -0.2) is 13.7 Å². The molecule has 0 saturated carbocycles. The van der Waals surface area contributed by atoms with Gasteiger partial charge in [0.1, 0.15) is 5.82 Å². The van der Waals surface area contributed by atoms with Crippen molar-refractivity contribution in [2.75, 3.05) is 0 Å². The van der Waals surface area contributed by atoms with Gasteiger partial charge >= 0.3 is 5.97 Å². The molecule has 0 aliphatic heterocycles. The SMILES string of the molecule is O=C(O)c1ccc(CNC(=O)c2cc(-c3cccc(F)c3)cn3ncc(Cc4ccc5ccccc5c4)c23)cc1. The molecule has 2 aromatic heterocycles. The Balaban J connectivity index is 1.38. The van der Waals surface area contributed by atoms with Crippen LogP contribution in [0.5, 0.6) is 0 Å². The highest BCUT2D eigenvalue weighted by Crippen LogP contribution is 2.28. The van der Waals surface area contributed by atoms with Crippen LogP contribution in [0.4, 0.5) is 4.39 Å². The molecule has 6 nitrogen and oxygen atoms in total. The zero-order chi connectivity index (χ0) is 27.6. The Morgan fingerprint density at radius 2 is 1.60 bits per heavy atom. The van der Waals surface area contributed by atoms with Crippen molar-refractivity contribution >= 4 is 28.2 Å². The molecule has 6 rings (SSSR count). The number of amides is 1. The summed E-state index contributed by atoms with van der Waals surface area (Å²) < 4.78 is 15.7. The fraction of sp³-hybridized carbons (Fsp3) is 0.0606. The van der Waals surface area contributed by atoms with Gasteiger partial charge in [0.15, 0.2) is 0 Å². The first-order valence-corrected chi connectivity index (χ1v) is 12.8. The molecule has 0 aliphatic carbocycles. The first-order chi connectivity index (χ1) is 19.4. The van der Waals surface area contributed by atoms with E-state index >= 15 is 0 Å². The maximum atomic E-state index is 14.0. The molecule has 196 valence electrons. The zero-order valence-corrected chi connectivity index (χ0v) is 21.3. The van der Waals surface area contributed by atoms with E-state index in [1.165, 1.54) is 24.3 Å². The predicted molar refractivity (Wildman–Crippen MR) is 152 cm³/mol. The van der Waals surface area contributed by atoms with Crippen LogP contribution in [-0.4, -0.2) is 26.6 Å². The Morgan fingerprint density at radius 3 is 2.38 bits per heavy atom. The number of rotatable bonds is 7. The largest absolute Gasteiger partial charge is 0.478 e. The Morgan fingerprint density at radius 1 is 0.825 bits per heavy atom. The molecule has 0 spiro atoms. The molecule has 0 unspecified atom stereocenters. The number of benzene rings is 4. The lowest BCUT2D eigenvalue weighted by Gasteiger charge is -2.12. The van der Waals surface area contributed by atoms with Crippen LogP contribution in [0.15, 0.2) is 109 Å². The number of pyridine rings is 1. The second kappa shape index (κ2) is 10.5. The van der Waals surface area contributed by atoms with Crippen molar-refractivity contribution in [3.8, 4) is 11.1 Å². The highest BCUT2D eigenvalue weighted by molar-refractivity contribution is 6.02. The number of carboxylic acids is 1. The summed E-state index contributed by atoms with van der Waals surface area (Å²) in [5.41, 5.74) is 5.29. The number of nitrogens with one attached hydrogen (secondary N) is 1. The van der Waals surface area contributed by atoms with Crippen LogP contribution in [0, 0.1) is 5.82 Å². The van der Waals surface area contributed by atoms with Crippen molar-refractivity contribution in [2.45, 2.75) is 13.0 Å². The van der Waals surface area contributed by atoms with Gasteiger partial charge in [0.25, 0.3) is 5.91 Å². The first kappa shape index (κ1) is 25.0. The summed E-state index contributed by atoms with van der Waals surface area (Å²) >= 11 is 0. The van der Waals surface area contributed by atoms with E-state index in [-0.39, 0.29) is 23.8 Å². The van der Waals surface area contributed by atoms with Gasteiger partial charge in [-0.2, -0.15) is 5.10 Å². The quantitative estimate of drug-likeness (QED) is 0.247. The Kier molecular flexibility index (Phi) is 6.54. The first-order valence-electron chi connectivity index (χ1n) is 12.8. The monoisotopic (exact) mass is 529 g/mol. The molecule has 0 atom stereocenters. The predicted octanol–water partition coefficient (Wildman–Crippen LogP) is 6.51. The Bertz CT molecular complexity index is 1890. The third-order valence-corrected chi connectivity index (χ3v) is 6.95. The molecule has 2 heterocycles. The van der Waals surface area contributed by atoms with Gasteiger partial charge in [0.05, 0.1) is 22.8 Å². The van der Waals surface area contributed by atoms with E-state index in [1.54, 1.807) is 47.2 Å². The minimum atomic E-state index is -1.01. The van der Waals surface area contributed by atoms with Crippen LogP contribution < -0.4 is 5.32 Å². The fourth-order valence-electron chi connectivity index (χ4n) is 4.92. The Hall–Kier alpha value is -5.30. The molecule has 0 radical (unpaired) electrons. The smallest absolute Gasteiger partial charge is 0.335 e. The van der Waals surface area contributed by atoms with Gasteiger partial charge in [0, 0.05) is 30.3 Å². The molecular formula is C33H24FN3O3. The summed E-state index contributed by atoms with van der Waals surface area (Å²) in [6, 6.07) is 28.8. The van der Waals surface area contributed by atoms with Gasteiger partial charge in [-0.05, 0) is 57.8 Å². The number of carboxylic acid groups (broad SMARTS) is 1. The summed E-state index contributed by atoms with van der Waals surface area (Å²) in [7, 11) is 0. The summed E-state index contributed by atoms with van der Waals surface area (Å²) in [5.74, 6) is -1.69. The third-order valence-electron chi connectivity index (χ3n) is 6.95. The van der Waals surface area contributed by atoms with E-state index in [4.69, 9.17) is 5.11 Å². The average Bonchev–Trinajstić information content (AvgIpc) is 3.38. The number of halogens is 1. The van der Waals surface area contributed by atoms with Crippen molar-refractivity contribution in [2.24, 2.45) is 0 Å². The van der Waals surface area contributed by atoms with Crippen LogP contribution >= 0.6 is 0 Å². The second-order valence-corrected chi connectivity index (χ2v) is 9.66. The van der Waals surface area contributed by atoms with Crippen molar-refractivity contribution in [3.05, 3.63) is 143 Å². The number of aromatic carboxylic acids is 1. The van der Waals surface area contributed by atoms with E-state index < -0.39 is 5.97 Å². The molecule has 4 aromatic carbocycles. The highest BCUT2D eigenvalue weighted by atomic mass is 19.1. The fourth-order valence-corrected chi connectivity index (χ4v) is 4.92. The van der Waals surface area contributed by atoms with Crippen molar-refractivity contribution < 1.29 is 19.1 Å². The van der Waals surface area contributed by atoms with Gasteiger partial charge < -0.3 is 10.4 Å². The van der Waals surface area contributed by atoms with Gasteiger partial charge in [-0.3, -0.25) is 4.79 Å².